The summed E-state index contributed by atoms with van der Waals surface area (Å²) in [5, 5.41) is 0. The molecular formula is C14H26O3. The molecule has 0 radical (unpaired) electrons. The van der Waals surface area contributed by atoms with E-state index in [1.165, 1.54) is 12.8 Å². The third kappa shape index (κ3) is 4.66. The van der Waals surface area contributed by atoms with Gasteiger partial charge in [-0.25, -0.2) is 4.79 Å². The summed E-state index contributed by atoms with van der Waals surface area (Å²) < 4.78 is 10.7. The zero-order valence-corrected chi connectivity index (χ0v) is 11.6. The van der Waals surface area contributed by atoms with Crippen LogP contribution in [0.4, 0.5) is 0 Å². The van der Waals surface area contributed by atoms with Crippen molar-refractivity contribution < 1.29 is 14.3 Å². The normalized spacial score (nSPS) is 29.4. The highest BCUT2D eigenvalue weighted by atomic mass is 16.6. The fourth-order valence-electron chi connectivity index (χ4n) is 2.68. The molecule has 1 rings (SSSR count). The lowest BCUT2D eigenvalue weighted by atomic mass is 9.75. The van der Waals surface area contributed by atoms with Gasteiger partial charge in [0, 0.05) is 0 Å². The first-order valence-corrected chi connectivity index (χ1v) is 6.81. The first-order chi connectivity index (χ1) is 8.04. The van der Waals surface area contributed by atoms with E-state index in [1.807, 2.05) is 6.92 Å². The van der Waals surface area contributed by atoms with E-state index in [4.69, 9.17) is 9.47 Å². The van der Waals surface area contributed by atoms with Gasteiger partial charge in [-0.15, -0.1) is 0 Å². The second-order valence-corrected chi connectivity index (χ2v) is 5.48. The van der Waals surface area contributed by atoms with E-state index in [0.29, 0.717) is 24.4 Å². The minimum Gasteiger partial charge on any atom is -0.464 e. The van der Waals surface area contributed by atoms with E-state index in [-0.39, 0.29) is 18.7 Å². The third-order valence-electron chi connectivity index (χ3n) is 3.68. The highest BCUT2D eigenvalue weighted by Gasteiger charge is 2.31. The van der Waals surface area contributed by atoms with Crippen LogP contribution in [-0.2, 0) is 14.3 Å². The Balaban J connectivity index is 2.43. The van der Waals surface area contributed by atoms with Crippen LogP contribution in [0.25, 0.3) is 0 Å². The zero-order valence-electron chi connectivity index (χ0n) is 11.6. The van der Waals surface area contributed by atoms with Crippen LogP contribution in [0.5, 0.6) is 0 Å². The summed E-state index contributed by atoms with van der Waals surface area (Å²) in [6.45, 7) is 9.09. The lowest BCUT2D eigenvalue weighted by Gasteiger charge is -2.36. The summed E-state index contributed by atoms with van der Waals surface area (Å²) in [4.78, 5) is 11.3. The topological polar surface area (TPSA) is 35.5 Å². The standard InChI is InChI=1S/C14H26O3/c1-5-16-14(15)9-17-13-8-11(4)6-7-12(13)10(2)3/h10-13H,5-9H2,1-4H3/t11-,12+,13-/m1/s1. The van der Waals surface area contributed by atoms with E-state index in [1.54, 1.807) is 0 Å². The van der Waals surface area contributed by atoms with E-state index in [2.05, 4.69) is 20.8 Å². The van der Waals surface area contributed by atoms with E-state index >= 15 is 0 Å². The molecular weight excluding hydrogens is 216 g/mol. The van der Waals surface area contributed by atoms with Crippen molar-refractivity contribution in [3.63, 3.8) is 0 Å². The molecule has 17 heavy (non-hydrogen) atoms. The largest absolute Gasteiger partial charge is 0.464 e. The van der Waals surface area contributed by atoms with Gasteiger partial charge in [-0.1, -0.05) is 27.2 Å². The summed E-state index contributed by atoms with van der Waals surface area (Å²) >= 11 is 0. The molecule has 0 heterocycles. The van der Waals surface area contributed by atoms with E-state index in [0.717, 1.165) is 6.42 Å². The lowest BCUT2D eigenvalue weighted by molar-refractivity contribution is -0.153. The Morgan fingerprint density at radius 1 is 1.35 bits per heavy atom. The van der Waals surface area contributed by atoms with Gasteiger partial charge in [0.2, 0.25) is 0 Å². The minimum atomic E-state index is -0.242. The Bertz CT molecular complexity index is 238. The highest BCUT2D eigenvalue weighted by Crippen LogP contribution is 2.35. The maximum Gasteiger partial charge on any atom is 0.332 e. The predicted molar refractivity (Wildman–Crippen MR) is 67.7 cm³/mol. The lowest BCUT2D eigenvalue weighted by Crippen LogP contribution is -2.35. The van der Waals surface area contributed by atoms with Gasteiger partial charge in [0.25, 0.3) is 0 Å². The molecule has 1 aliphatic carbocycles. The van der Waals surface area contributed by atoms with Crippen LogP contribution in [-0.4, -0.2) is 25.3 Å². The number of carbonyl (C=O) groups excluding carboxylic acids is 1. The molecule has 1 fully saturated rings. The van der Waals surface area contributed by atoms with Crippen molar-refractivity contribution in [2.24, 2.45) is 17.8 Å². The Morgan fingerprint density at radius 3 is 2.65 bits per heavy atom. The molecule has 1 saturated carbocycles. The van der Waals surface area contributed by atoms with Gasteiger partial charge in [-0.2, -0.15) is 0 Å². The summed E-state index contributed by atoms with van der Waals surface area (Å²) in [6.07, 6.45) is 3.79. The van der Waals surface area contributed by atoms with Crippen molar-refractivity contribution in [1.29, 1.82) is 0 Å². The monoisotopic (exact) mass is 242 g/mol. The first kappa shape index (κ1) is 14.5. The number of hydrogen-bond acceptors (Lipinski definition) is 3. The van der Waals surface area contributed by atoms with Crippen molar-refractivity contribution in [3.05, 3.63) is 0 Å². The SMILES string of the molecule is CCOC(=O)CO[C@@H]1C[C@H](C)CC[C@H]1C(C)C. The molecule has 0 N–H and O–H groups in total. The Labute approximate surface area is 105 Å². The number of esters is 1. The van der Waals surface area contributed by atoms with Crippen molar-refractivity contribution in [1.82, 2.24) is 0 Å². The van der Waals surface area contributed by atoms with Crippen molar-refractivity contribution in [3.8, 4) is 0 Å². The van der Waals surface area contributed by atoms with Crippen LogP contribution in [0.3, 0.4) is 0 Å². The number of hydrogen-bond donors (Lipinski definition) is 0. The molecule has 0 bridgehead atoms. The third-order valence-corrected chi connectivity index (χ3v) is 3.68. The molecule has 100 valence electrons. The van der Waals surface area contributed by atoms with Gasteiger partial charge in [-0.3, -0.25) is 0 Å². The fourth-order valence-corrected chi connectivity index (χ4v) is 2.68. The van der Waals surface area contributed by atoms with Gasteiger partial charge in [0.05, 0.1) is 12.7 Å². The molecule has 0 spiro atoms. The Hall–Kier alpha value is -0.570. The van der Waals surface area contributed by atoms with Gasteiger partial charge in [-0.05, 0) is 37.5 Å². The minimum absolute atomic E-state index is 0.106. The Morgan fingerprint density at radius 2 is 2.06 bits per heavy atom. The van der Waals surface area contributed by atoms with E-state index in [9.17, 15) is 4.79 Å². The second kappa shape index (κ2) is 7.00. The number of ether oxygens (including phenoxy) is 2. The average Bonchev–Trinajstić information content (AvgIpc) is 2.26. The molecule has 0 aliphatic heterocycles. The van der Waals surface area contributed by atoms with Gasteiger partial charge >= 0.3 is 5.97 Å². The van der Waals surface area contributed by atoms with Gasteiger partial charge < -0.3 is 9.47 Å². The van der Waals surface area contributed by atoms with Gasteiger partial charge in [0.1, 0.15) is 6.61 Å². The van der Waals surface area contributed by atoms with Crippen LogP contribution >= 0.6 is 0 Å². The molecule has 0 aromatic carbocycles. The molecule has 3 heteroatoms. The molecule has 0 unspecified atom stereocenters. The Kier molecular flexibility index (Phi) is 5.96. The van der Waals surface area contributed by atoms with Crippen molar-refractivity contribution in [2.45, 2.75) is 53.1 Å². The predicted octanol–water partition coefficient (Wildman–Crippen LogP) is 3.03. The fraction of sp³-hybridized carbons (Fsp3) is 0.929. The molecule has 0 aromatic rings. The second-order valence-electron chi connectivity index (χ2n) is 5.48. The highest BCUT2D eigenvalue weighted by molar-refractivity contribution is 5.70. The van der Waals surface area contributed by atoms with Crippen LogP contribution in [0, 0.1) is 17.8 Å². The van der Waals surface area contributed by atoms with Crippen LogP contribution < -0.4 is 0 Å². The smallest absolute Gasteiger partial charge is 0.332 e. The van der Waals surface area contributed by atoms with E-state index < -0.39 is 0 Å². The summed E-state index contributed by atoms with van der Waals surface area (Å²) in [5.74, 6) is 1.67. The molecule has 0 aromatic heterocycles. The zero-order chi connectivity index (χ0) is 12.8. The molecule has 3 nitrogen and oxygen atoms in total. The quantitative estimate of drug-likeness (QED) is 0.695. The summed E-state index contributed by atoms with van der Waals surface area (Å²) in [6, 6.07) is 0. The molecule has 0 amide bonds. The number of rotatable bonds is 5. The number of carbonyl (C=O) groups is 1. The van der Waals surface area contributed by atoms with Crippen molar-refractivity contribution >= 4 is 5.97 Å². The molecule has 0 saturated heterocycles. The maximum absolute atomic E-state index is 11.3. The average molecular weight is 242 g/mol. The molecule has 1 aliphatic rings. The first-order valence-electron chi connectivity index (χ1n) is 6.81. The van der Waals surface area contributed by atoms with Crippen LogP contribution in [0.2, 0.25) is 0 Å². The molecule has 3 atom stereocenters. The van der Waals surface area contributed by atoms with Crippen molar-refractivity contribution in [2.75, 3.05) is 13.2 Å². The summed E-state index contributed by atoms with van der Waals surface area (Å²) in [7, 11) is 0. The van der Waals surface area contributed by atoms with Crippen LogP contribution in [0.15, 0.2) is 0 Å². The van der Waals surface area contributed by atoms with Gasteiger partial charge in [0.15, 0.2) is 0 Å². The van der Waals surface area contributed by atoms with Crippen LogP contribution in [0.1, 0.15) is 47.0 Å². The summed E-state index contributed by atoms with van der Waals surface area (Å²) in [5.41, 5.74) is 0. The maximum atomic E-state index is 11.3.